The number of rotatable bonds is 4. The molecule has 0 amide bonds. The van der Waals surface area contributed by atoms with Gasteiger partial charge in [0, 0.05) is 11.6 Å². The minimum Gasteiger partial charge on any atom is -0.477 e. The van der Waals surface area contributed by atoms with E-state index in [1.807, 2.05) is 18.2 Å². The molecule has 4 nitrogen and oxygen atoms in total. The summed E-state index contributed by atoms with van der Waals surface area (Å²) in [6.07, 6.45) is 0. The highest BCUT2D eigenvalue weighted by atomic mass is 35.5. The fourth-order valence-electron chi connectivity index (χ4n) is 1.49. The van der Waals surface area contributed by atoms with Gasteiger partial charge in [0.15, 0.2) is 5.69 Å². The van der Waals surface area contributed by atoms with Crippen molar-refractivity contribution >= 4 is 23.4 Å². The average Bonchev–Trinajstić information content (AvgIpc) is 2.37. The van der Waals surface area contributed by atoms with E-state index in [9.17, 15) is 4.79 Å². The first-order valence-electron chi connectivity index (χ1n) is 5.34. The number of carbonyl (C=O) groups is 1. The van der Waals surface area contributed by atoms with Crippen molar-refractivity contribution in [3.05, 3.63) is 58.7 Å². The number of hydrogen-bond donors (Lipinski definition) is 2. The van der Waals surface area contributed by atoms with Crippen LogP contribution in [0.1, 0.15) is 16.1 Å². The van der Waals surface area contributed by atoms with E-state index in [0.717, 1.165) is 5.56 Å². The molecular weight excluding hydrogens is 252 g/mol. The normalized spacial score (nSPS) is 10.1. The van der Waals surface area contributed by atoms with Gasteiger partial charge in [-0.15, -0.1) is 0 Å². The third-order valence-electron chi connectivity index (χ3n) is 2.33. The lowest BCUT2D eigenvalue weighted by Gasteiger charge is -2.06. The van der Waals surface area contributed by atoms with E-state index in [0.29, 0.717) is 17.4 Å². The van der Waals surface area contributed by atoms with Gasteiger partial charge < -0.3 is 10.4 Å². The molecule has 0 saturated heterocycles. The Morgan fingerprint density at radius 1 is 1.28 bits per heavy atom. The highest BCUT2D eigenvalue weighted by molar-refractivity contribution is 6.30. The summed E-state index contributed by atoms with van der Waals surface area (Å²) in [5, 5.41) is 12.5. The summed E-state index contributed by atoms with van der Waals surface area (Å²) >= 11 is 5.87. The molecule has 0 saturated carbocycles. The fourth-order valence-corrected chi connectivity index (χ4v) is 1.70. The zero-order valence-corrected chi connectivity index (χ0v) is 10.2. The van der Waals surface area contributed by atoms with Crippen LogP contribution in [-0.4, -0.2) is 16.1 Å². The van der Waals surface area contributed by atoms with E-state index in [4.69, 9.17) is 16.7 Å². The molecule has 0 radical (unpaired) electrons. The Morgan fingerprint density at radius 3 is 2.78 bits per heavy atom. The molecule has 1 aromatic carbocycles. The number of carboxylic acids is 1. The van der Waals surface area contributed by atoms with Gasteiger partial charge in [-0.2, -0.15) is 0 Å². The largest absolute Gasteiger partial charge is 0.477 e. The standard InChI is InChI=1S/C13H11ClN2O2/c14-10-4-1-3-9(7-10)8-15-12-6-2-5-11(16-12)13(17)18/h1-7H,8H2,(H,15,16)(H,17,18). The zero-order chi connectivity index (χ0) is 13.0. The number of carboxylic acid groups (broad SMARTS) is 1. The van der Waals surface area contributed by atoms with E-state index < -0.39 is 5.97 Å². The molecule has 0 atom stereocenters. The van der Waals surface area contributed by atoms with Gasteiger partial charge in [-0.3, -0.25) is 0 Å². The predicted octanol–water partition coefficient (Wildman–Crippen LogP) is 3.05. The summed E-state index contributed by atoms with van der Waals surface area (Å²) in [5.74, 6) is -0.517. The number of halogens is 1. The number of aromatic carboxylic acids is 1. The number of nitrogens with zero attached hydrogens (tertiary/aromatic N) is 1. The number of benzene rings is 1. The molecule has 0 fully saturated rings. The van der Waals surface area contributed by atoms with Crippen molar-refractivity contribution in [1.29, 1.82) is 0 Å². The maximum absolute atomic E-state index is 10.8. The Labute approximate surface area is 109 Å². The number of pyridine rings is 1. The van der Waals surface area contributed by atoms with Crippen LogP contribution in [0.2, 0.25) is 5.02 Å². The first-order valence-corrected chi connectivity index (χ1v) is 5.71. The van der Waals surface area contributed by atoms with Crippen molar-refractivity contribution < 1.29 is 9.90 Å². The second-order valence-electron chi connectivity index (χ2n) is 3.70. The molecule has 92 valence electrons. The molecule has 2 aromatic rings. The van der Waals surface area contributed by atoms with Gasteiger partial charge in [-0.25, -0.2) is 9.78 Å². The predicted molar refractivity (Wildman–Crippen MR) is 70.0 cm³/mol. The van der Waals surface area contributed by atoms with Crippen molar-refractivity contribution in [2.24, 2.45) is 0 Å². The van der Waals surface area contributed by atoms with Crippen LogP contribution in [-0.2, 0) is 6.54 Å². The maximum Gasteiger partial charge on any atom is 0.354 e. The van der Waals surface area contributed by atoms with E-state index in [1.165, 1.54) is 6.07 Å². The summed E-state index contributed by atoms with van der Waals surface area (Å²) < 4.78 is 0. The van der Waals surface area contributed by atoms with Gasteiger partial charge in [-0.05, 0) is 29.8 Å². The van der Waals surface area contributed by atoms with Gasteiger partial charge in [0.2, 0.25) is 0 Å². The van der Waals surface area contributed by atoms with Crippen LogP contribution in [0.15, 0.2) is 42.5 Å². The second-order valence-corrected chi connectivity index (χ2v) is 4.13. The lowest BCUT2D eigenvalue weighted by molar-refractivity contribution is 0.0690. The van der Waals surface area contributed by atoms with E-state index >= 15 is 0 Å². The minimum absolute atomic E-state index is 0.0195. The Kier molecular flexibility index (Phi) is 3.79. The monoisotopic (exact) mass is 262 g/mol. The quantitative estimate of drug-likeness (QED) is 0.889. The number of hydrogen-bond acceptors (Lipinski definition) is 3. The summed E-state index contributed by atoms with van der Waals surface area (Å²) in [5.41, 5.74) is 1.02. The van der Waals surface area contributed by atoms with Crippen LogP contribution < -0.4 is 5.32 Å². The van der Waals surface area contributed by atoms with Gasteiger partial charge in [0.1, 0.15) is 5.82 Å². The summed E-state index contributed by atoms with van der Waals surface area (Å²) in [7, 11) is 0. The van der Waals surface area contributed by atoms with Crippen LogP contribution in [0.5, 0.6) is 0 Å². The van der Waals surface area contributed by atoms with Crippen LogP contribution in [0.3, 0.4) is 0 Å². The highest BCUT2D eigenvalue weighted by Gasteiger charge is 2.04. The number of nitrogens with one attached hydrogen (secondary N) is 1. The first-order chi connectivity index (χ1) is 8.65. The Bertz CT molecular complexity index is 572. The topological polar surface area (TPSA) is 62.2 Å². The third-order valence-corrected chi connectivity index (χ3v) is 2.57. The Morgan fingerprint density at radius 2 is 2.06 bits per heavy atom. The van der Waals surface area contributed by atoms with Crippen LogP contribution in [0.25, 0.3) is 0 Å². The van der Waals surface area contributed by atoms with Gasteiger partial charge in [-0.1, -0.05) is 29.8 Å². The first kappa shape index (κ1) is 12.4. The van der Waals surface area contributed by atoms with E-state index in [-0.39, 0.29) is 5.69 Å². The molecule has 1 heterocycles. The molecule has 0 spiro atoms. The summed E-state index contributed by atoms with van der Waals surface area (Å²) in [6.45, 7) is 0.538. The van der Waals surface area contributed by atoms with Crippen molar-refractivity contribution in [3.63, 3.8) is 0 Å². The van der Waals surface area contributed by atoms with E-state index in [1.54, 1.807) is 18.2 Å². The van der Waals surface area contributed by atoms with Crippen LogP contribution >= 0.6 is 11.6 Å². The van der Waals surface area contributed by atoms with Gasteiger partial charge in [0.05, 0.1) is 0 Å². The molecule has 0 aliphatic carbocycles. The van der Waals surface area contributed by atoms with Crippen molar-refractivity contribution in [3.8, 4) is 0 Å². The smallest absolute Gasteiger partial charge is 0.354 e. The number of anilines is 1. The molecule has 5 heteroatoms. The van der Waals surface area contributed by atoms with Crippen LogP contribution in [0.4, 0.5) is 5.82 Å². The minimum atomic E-state index is -1.04. The molecular formula is C13H11ClN2O2. The average molecular weight is 263 g/mol. The lowest BCUT2D eigenvalue weighted by atomic mass is 10.2. The summed E-state index contributed by atoms with van der Waals surface area (Å²) in [4.78, 5) is 14.7. The molecule has 0 bridgehead atoms. The Balaban J connectivity index is 2.06. The SMILES string of the molecule is O=C(O)c1cccc(NCc2cccc(Cl)c2)n1. The lowest BCUT2D eigenvalue weighted by Crippen LogP contribution is -2.05. The van der Waals surface area contributed by atoms with E-state index in [2.05, 4.69) is 10.3 Å². The highest BCUT2D eigenvalue weighted by Crippen LogP contribution is 2.12. The molecule has 0 aliphatic rings. The van der Waals surface area contributed by atoms with Gasteiger partial charge >= 0.3 is 5.97 Å². The second kappa shape index (κ2) is 5.51. The van der Waals surface area contributed by atoms with Crippen molar-refractivity contribution in [1.82, 2.24) is 4.98 Å². The molecule has 0 unspecified atom stereocenters. The summed E-state index contributed by atoms with van der Waals surface area (Å²) in [6, 6.07) is 12.3. The Hall–Kier alpha value is -2.07. The maximum atomic E-state index is 10.8. The molecule has 1 aromatic heterocycles. The molecule has 0 aliphatic heterocycles. The molecule has 2 N–H and O–H groups in total. The van der Waals surface area contributed by atoms with Crippen molar-refractivity contribution in [2.75, 3.05) is 5.32 Å². The van der Waals surface area contributed by atoms with Crippen molar-refractivity contribution in [2.45, 2.75) is 6.54 Å². The third kappa shape index (κ3) is 3.21. The van der Waals surface area contributed by atoms with Crippen LogP contribution in [0, 0.1) is 0 Å². The zero-order valence-electron chi connectivity index (χ0n) is 9.43. The number of aromatic nitrogens is 1. The fraction of sp³-hybridized carbons (Fsp3) is 0.0769. The van der Waals surface area contributed by atoms with Gasteiger partial charge in [0.25, 0.3) is 0 Å². The molecule has 18 heavy (non-hydrogen) atoms. The molecule has 2 rings (SSSR count).